The van der Waals surface area contributed by atoms with Gasteiger partial charge in [0.1, 0.15) is 0 Å². The smallest absolute Gasteiger partial charge is 0.0639 e. The molecule has 0 bridgehead atoms. The number of nitrogens with one attached hydrogen (secondary N) is 1. The quantitative estimate of drug-likeness (QED) is 0.664. The van der Waals surface area contributed by atoms with Gasteiger partial charge in [-0.2, -0.15) is 0 Å². The second-order valence-electron chi connectivity index (χ2n) is 7.31. The van der Waals surface area contributed by atoms with Crippen molar-refractivity contribution >= 4 is 10.9 Å². The highest BCUT2D eigenvalue weighted by atomic mass is 16.3. The fourth-order valence-electron chi connectivity index (χ4n) is 3.82. The SMILES string of the molecule is C/C(=C\CCN1CCc2c([nH]c3ccccc23)C1C/C=C(\C)CO)CO. The van der Waals surface area contributed by atoms with Crippen molar-refractivity contribution in [3.63, 3.8) is 0 Å². The van der Waals surface area contributed by atoms with E-state index >= 15 is 0 Å². The van der Waals surface area contributed by atoms with E-state index in [-0.39, 0.29) is 13.2 Å². The third-order valence-electron chi connectivity index (χ3n) is 5.37. The van der Waals surface area contributed by atoms with Gasteiger partial charge in [0.2, 0.25) is 0 Å². The zero-order valence-electron chi connectivity index (χ0n) is 15.8. The Kier molecular flexibility index (Phi) is 6.30. The maximum absolute atomic E-state index is 9.35. The van der Waals surface area contributed by atoms with Gasteiger partial charge < -0.3 is 15.2 Å². The number of nitrogens with zero attached hydrogens (tertiary/aromatic N) is 1. The van der Waals surface area contributed by atoms with Crippen molar-refractivity contribution in [2.45, 2.75) is 39.2 Å². The van der Waals surface area contributed by atoms with Crippen LogP contribution in [-0.4, -0.2) is 46.4 Å². The van der Waals surface area contributed by atoms with Crippen molar-refractivity contribution in [1.82, 2.24) is 9.88 Å². The summed E-state index contributed by atoms with van der Waals surface area (Å²) in [5.41, 5.74) is 6.02. The second-order valence-corrected chi connectivity index (χ2v) is 7.31. The van der Waals surface area contributed by atoms with E-state index in [1.165, 1.54) is 22.2 Å². The molecule has 0 aliphatic carbocycles. The normalized spacial score (nSPS) is 19.2. The van der Waals surface area contributed by atoms with E-state index in [1.54, 1.807) is 0 Å². The molecule has 1 aliphatic heterocycles. The number of para-hydroxylation sites is 1. The topological polar surface area (TPSA) is 59.5 Å². The summed E-state index contributed by atoms with van der Waals surface area (Å²) in [7, 11) is 0. The molecule has 4 nitrogen and oxygen atoms in total. The fourth-order valence-corrected chi connectivity index (χ4v) is 3.82. The number of hydrogen-bond acceptors (Lipinski definition) is 3. The second kappa shape index (κ2) is 8.67. The van der Waals surface area contributed by atoms with E-state index < -0.39 is 0 Å². The minimum atomic E-state index is 0.116. The Bertz CT molecular complexity index is 804. The molecule has 3 rings (SSSR count). The van der Waals surface area contributed by atoms with Crippen molar-refractivity contribution in [2.75, 3.05) is 26.3 Å². The average molecular weight is 354 g/mol. The van der Waals surface area contributed by atoms with Crippen LogP contribution in [0.5, 0.6) is 0 Å². The number of aliphatic hydroxyl groups excluding tert-OH is 2. The van der Waals surface area contributed by atoms with Crippen LogP contribution in [0.1, 0.15) is 44.0 Å². The Balaban J connectivity index is 1.88. The standard InChI is InChI=1S/C22H30N2O2/c1-16(14-25)6-5-12-24-13-11-19-18-7-3-4-8-20(18)23-22(19)21(24)10-9-17(2)15-26/h3-4,6-9,21,23,25-26H,5,10-15H2,1-2H3/b16-6+,17-9+. The molecule has 0 amide bonds. The van der Waals surface area contributed by atoms with Gasteiger partial charge in [0.05, 0.1) is 19.3 Å². The fraction of sp³-hybridized carbons (Fsp3) is 0.455. The summed E-state index contributed by atoms with van der Waals surface area (Å²) in [6, 6.07) is 8.85. The van der Waals surface area contributed by atoms with E-state index in [4.69, 9.17) is 0 Å². The summed E-state index contributed by atoms with van der Waals surface area (Å²) < 4.78 is 0. The van der Waals surface area contributed by atoms with Gasteiger partial charge in [-0.1, -0.05) is 41.5 Å². The molecule has 2 aromatic rings. The summed E-state index contributed by atoms with van der Waals surface area (Å²) in [6.07, 6.45) is 7.19. The minimum absolute atomic E-state index is 0.116. The van der Waals surface area contributed by atoms with Crippen molar-refractivity contribution in [1.29, 1.82) is 0 Å². The molecule has 0 saturated carbocycles. The molecule has 0 spiro atoms. The predicted octanol–water partition coefficient (Wildman–Crippen LogP) is 3.72. The van der Waals surface area contributed by atoms with Crippen molar-refractivity contribution in [3.05, 3.63) is 58.8 Å². The maximum Gasteiger partial charge on any atom is 0.0639 e. The lowest BCUT2D eigenvalue weighted by Crippen LogP contribution is -2.36. The Morgan fingerprint density at radius 2 is 1.88 bits per heavy atom. The van der Waals surface area contributed by atoms with Crippen molar-refractivity contribution in [3.8, 4) is 0 Å². The summed E-state index contributed by atoms with van der Waals surface area (Å²) in [4.78, 5) is 6.19. The number of H-pyrrole nitrogens is 1. The number of aromatic nitrogens is 1. The molecule has 26 heavy (non-hydrogen) atoms. The molecular weight excluding hydrogens is 324 g/mol. The first kappa shape index (κ1) is 18.9. The third-order valence-corrected chi connectivity index (χ3v) is 5.37. The zero-order valence-corrected chi connectivity index (χ0v) is 15.8. The summed E-state index contributed by atoms with van der Waals surface area (Å²) >= 11 is 0. The molecule has 1 aromatic carbocycles. The van der Waals surface area contributed by atoms with Crippen LogP contribution >= 0.6 is 0 Å². The van der Waals surface area contributed by atoms with E-state index in [0.717, 1.165) is 43.5 Å². The molecule has 0 fully saturated rings. The molecule has 1 aromatic heterocycles. The number of hydrogen-bond donors (Lipinski definition) is 3. The Morgan fingerprint density at radius 3 is 2.65 bits per heavy atom. The predicted molar refractivity (Wildman–Crippen MR) is 107 cm³/mol. The van der Waals surface area contributed by atoms with Gasteiger partial charge in [-0.15, -0.1) is 0 Å². The van der Waals surface area contributed by atoms with Crippen LogP contribution in [0, 0.1) is 0 Å². The molecule has 1 aliphatic rings. The van der Waals surface area contributed by atoms with Crippen LogP contribution in [0.25, 0.3) is 10.9 Å². The lowest BCUT2D eigenvalue weighted by atomic mass is 9.94. The van der Waals surface area contributed by atoms with Crippen LogP contribution in [0.2, 0.25) is 0 Å². The number of rotatable bonds is 7. The van der Waals surface area contributed by atoms with Crippen LogP contribution in [0.3, 0.4) is 0 Å². The molecule has 4 heteroatoms. The molecular formula is C22H30N2O2. The largest absolute Gasteiger partial charge is 0.392 e. The van der Waals surface area contributed by atoms with Gasteiger partial charge in [0, 0.05) is 29.7 Å². The molecule has 1 atom stereocenters. The first-order valence-electron chi connectivity index (χ1n) is 9.50. The molecule has 1 unspecified atom stereocenters. The average Bonchev–Trinajstić information content (AvgIpc) is 3.05. The Morgan fingerprint density at radius 1 is 1.15 bits per heavy atom. The summed E-state index contributed by atoms with van der Waals surface area (Å²) in [6.45, 7) is 6.21. The number of fused-ring (bicyclic) bond motifs is 3. The maximum atomic E-state index is 9.35. The lowest BCUT2D eigenvalue weighted by Gasteiger charge is -2.35. The van der Waals surface area contributed by atoms with Crippen molar-refractivity contribution in [2.24, 2.45) is 0 Å². The molecule has 140 valence electrons. The Hall–Kier alpha value is -1.88. The van der Waals surface area contributed by atoms with E-state index in [1.807, 2.05) is 13.8 Å². The number of aromatic amines is 1. The molecule has 3 N–H and O–H groups in total. The van der Waals surface area contributed by atoms with Crippen LogP contribution < -0.4 is 0 Å². The van der Waals surface area contributed by atoms with Crippen LogP contribution in [0.15, 0.2) is 47.6 Å². The van der Waals surface area contributed by atoms with Gasteiger partial charge in [0.25, 0.3) is 0 Å². The molecule has 2 heterocycles. The zero-order chi connectivity index (χ0) is 18.5. The van der Waals surface area contributed by atoms with E-state index in [0.29, 0.717) is 6.04 Å². The van der Waals surface area contributed by atoms with Gasteiger partial charge in [-0.3, -0.25) is 4.90 Å². The first-order chi connectivity index (χ1) is 12.6. The van der Waals surface area contributed by atoms with E-state index in [9.17, 15) is 10.2 Å². The highest BCUT2D eigenvalue weighted by Gasteiger charge is 2.29. The lowest BCUT2D eigenvalue weighted by molar-refractivity contribution is 0.186. The monoisotopic (exact) mass is 354 g/mol. The molecule has 0 saturated heterocycles. The number of benzene rings is 1. The van der Waals surface area contributed by atoms with E-state index in [2.05, 4.69) is 46.3 Å². The molecule has 0 radical (unpaired) electrons. The summed E-state index contributed by atoms with van der Waals surface area (Å²) in [5, 5.41) is 19.9. The van der Waals surface area contributed by atoms with Crippen LogP contribution in [-0.2, 0) is 6.42 Å². The van der Waals surface area contributed by atoms with Gasteiger partial charge in [0.15, 0.2) is 0 Å². The minimum Gasteiger partial charge on any atom is -0.392 e. The van der Waals surface area contributed by atoms with Gasteiger partial charge in [-0.25, -0.2) is 0 Å². The van der Waals surface area contributed by atoms with Gasteiger partial charge >= 0.3 is 0 Å². The van der Waals surface area contributed by atoms with Crippen molar-refractivity contribution < 1.29 is 10.2 Å². The highest BCUT2D eigenvalue weighted by Crippen LogP contribution is 2.36. The summed E-state index contributed by atoms with van der Waals surface area (Å²) in [5.74, 6) is 0. The third kappa shape index (κ3) is 4.09. The van der Waals surface area contributed by atoms with Gasteiger partial charge in [-0.05, 0) is 44.7 Å². The first-order valence-corrected chi connectivity index (χ1v) is 9.50. The Labute approximate surface area is 155 Å². The van der Waals surface area contributed by atoms with Crippen LogP contribution in [0.4, 0.5) is 0 Å². The highest BCUT2D eigenvalue weighted by molar-refractivity contribution is 5.85. The number of aliphatic hydroxyl groups is 2.